The van der Waals surface area contributed by atoms with Crippen LogP contribution in [-0.2, 0) is 0 Å². The molecule has 0 saturated carbocycles. The number of piperidine rings is 1. The summed E-state index contributed by atoms with van der Waals surface area (Å²) in [5, 5.41) is 12.0. The standard InChI is InChI=1S/C24H28N4O/c1-18-8-7-9-19(2)28(18)25-16-21-17-27(22-10-5-4-6-11-22)26-24(21)20-12-14-23(29-3)15-13-20/h4-6,10-19H,7-9H2,1-3H3/b25-16-/t18-,19-/m0/s1. The van der Waals surface area contributed by atoms with E-state index >= 15 is 0 Å². The van der Waals surface area contributed by atoms with E-state index in [2.05, 4.69) is 37.2 Å². The van der Waals surface area contributed by atoms with Crippen molar-refractivity contribution in [2.24, 2.45) is 5.10 Å². The molecule has 1 fully saturated rings. The highest BCUT2D eigenvalue weighted by Gasteiger charge is 2.23. The summed E-state index contributed by atoms with van der Waals surface area (Å²) in [6.45, 7) is 4.51. The van der Waals surface area contributed by atoms with Gasteiger partial charge in [-0.25, -0.2) is 4.68 Å². The normalized spacial score (nSPS) is 19.6. The van der Waals surface area contributed by atoms with Crippen LogP contribution in [0.2, 0.25) is 0 Å². The first-order chi connectivity index (χ1) is 14.2. The van der Waals surface area contributed by atoms with Crippen molar-refractivity contribution in [3.05, 3.63) is 66.4 Å². The van der Waals surface area contributed by atoms with Gasteiger partial charge in [-0.3, -0.25) is 5.01 Å². The van der Waals surface area contributed by atoms with Gasteiger partial charge in [-0.1, -0.05) is 18.2 Å². The van der Waals surface area contributed by atoms with Gasteiger partial charge in [-0.2, -0.15) is 10.2 Å². The molecule has 2 atom stereocenters. The van der Waals surface area contributed by atoms with Crippen molar-refractivity contribution < 1.29 is 4.74 Å². The molecule has 2 aromatic carbocycles. The minimum atomic E-state index is 0.462. The summed E-state index contributed by atoms with van der Waals surface area (Å²) in [4.78, 5) is 0. The molecule has 1 aromatic heterocycles. The van der Waals surface area contributed by atoms with E-state index in [1.165, 1.54) is 19.3 Å². The number of para-hydroxylation sites is 1. The predicted octanol–water partition coefficient (Wildman–Crippen LogP) is 5.14. The van der Waals surface area contributed by atoms with Gasteiger partial charge in [0.2, 0.25) is 0 Å². The molecule has 29 heavy (non-hydrogen) atoms. The topological polar surface area (TPSA) is 42.6 Å². The zero-order valence-electron chi connectivity index (χ0n) is 17.3. The second-order valence-corrected chi connectivity index (χ2v) is 7.70. The maximum Gasteiger partial charge on any atom is 0.118 e. The molecule has 0 unspecified atom stereocenters. The van der Waals surface area contributed by atoms with E-state index in [4.69, 9.17) is 14.9 Å². The van der Waals surface area contributed by atoms with Gasteiger partial charge in [-0.05, 0) is 69.5 Å². The molecule has 5 nitrogen and oxygen atoms in total. The molecule has 0 bridgehead atoms. The lowest BCUT2D eigenvalue weighted by Crippen LogP contribution is -2.39. The molecule has 1 aliphatic rings. The lowest BCUT2D eigenvalue weighted by atomic mass is 10.00. The largest absolute Gasteiger partial charge is 0.497 e. The first kappa shape index (κ1) is 19.2. The van der Waals surface area contributed by atoms with Gasteiger partial charge in [-0.15, -0.1) is 0 Å². The number of hydrazone groups is 1. The SMILES string of the molecule is COc1ccc(-c2nn(-c3ccccc3)cc2/C=N\N2[C@@H](C)CCC[C@@H]2C)cc1. The molecule has 0 radical (unpaired) electrons. The lowest BCUT2D eigenvalue weighted by molar-refractivity contribution is 0.109. The summed E-state index contributed by atoms with van der Waals surface area (Å²) in [5.41, 5.74) is 3.99. The smallest absolute Gasteiger partial charge is 0.118 e. The zero-order chi connectivity index (χ0) is 20.2. The molecule has 0 amide bonds. The van der Waals surface area contributed by atoms with E-state index in [9.17, 15) is 0 Å². The molecule has 4 rings (SSSR count). The number of aromatic nitrogens is 2. The second-order valence-electron chi connectivity index (χ2n) is 7.70. The monoisotopic (exact) mass is 388 g/mol. The van der Waals surface area contributed by atoms with Crippen LogP contribution in [0.15, 0.2) is 65.9 Å². The summed E-state index contributed by atoms with van der Waals surface area (Å²) in [6.07, 6.45) is 7.67. The Bertz CT molecular complexity index is 952. The Morgan fingerprint density at radius 2 is 1.69 bits per heavy atom. The number of ether oxygens (including phenoxy) is 1. The Labute approximate surface area is 172 Å². The molecular formula is C24H28N4O. The highest BCUT2D eigenvalue weighted by atomic mass is 16.5. The maximum absolute atomic E-state index is 5.30. The number of hydrogen-bond donors (Lipinski definition) is 0. The Kier molecular flexibility index (Phi) is 5.65. The van der Waals surface area contributed by atoms with Crippen molar-refractivity contribution in [1.82, 2.24) is 14.8 Å². The van der Waals surface area contributed by atoms with Crippen molar-refractivity contribution in [2.75, 3.05) is 7.11 Å². The van der Waals surface area contributed by atoms with Crippen molar-refractivity contribution in [2.45, 2.75) is 45.2 Å². The van der Waals surface area contributed by atoms with Crippen LogP contribution in [0.1, 0.15) is 38.7 Å². The minimum Gasteiger partial charge on any atom is -0.497 e. The third-order valence-electron chi connectivity index (χ3n) is 5.60. The van der Waals surface area contributed by atoms with Gasteiger partial charge in [0.15, 0.2) is 0 Å². The third-order valence-corrected chi connectivity index (χ3v) is 5.60. The molecule has 3 aromatic rings. The minimum absolute atomic E-state index is 0.462. The van der Waals surface area contributed by atoms with Gasteiger partial charge in [0, 0.05) is 29.4 Å². The zero-order valence-corrected chi connectivity index (χ0v) is 17.3. The predicted molar refractivity (Wildman–Crippen MR) is 118 cm³/mol. The molecular weight excluding hydrogens is 360 g/mol. The Morgan fingerprint density at radius 3 is 2.34 bits per heavy atom. The van der Waals surface area contributed by atoms with E-state index < -0.39 is 0 Å². The van der Waals surface area contributed by atoms with Crippen LogP contribution in [0, 0.1) is 0 Å². The van der Waals surface area contributed by atoms with Gasteiger partial charge in [0.05, 0.1) is 19.0 Å². The molecule has 2 heterocycles. The summed E-state index contributed by atoms with van der Waals surface area (Å²) >= 11 is 0. The fourth-order valence-electron chi connectivity index (χ4n) is 3.93. The quantitative estimate of drug-likeness (QED) is 0.568. The molecule has 1 aliphatic heterocycles. The Morgan fingerprint density at radius 1 is 1.00 bits per heavy atom. The highest BCUT2D eigenvalue weighted by Crippen LogP contribution is 2.26. The molecule has 1 saturated heterocycles. The average molecular weight is 389 g/mol. The molecule has 0 spiro atoms. The second kappa shape index (κ2) is 8.52. The number of hydrogen-bond acceptors (Lipinski definition) is 4. The fourth-order valence-corrected chi connectivity index (χ4v) is 3.93. The summed E-state index contributed by atoms with van der Waals surface area (Å²) in [7, 11) is 1.68. The van der Waals surface area contributed by atoms with Gasteiger partial charge in [0.1, 0.15) is 11.4 Å². The van der Waals surface area contributed by atoms with Crippen molar-refractivity contribution >= 4 is 6.21 Å². The van der Waals surface area contributed by atoms with Crippen LogP contribution >= 0.6 is 0 Å². The molecule has 150 valence electrons. The van der Waals surface area contributed by atoms with Gasteiger partial charge < -0.3 is 4.74 Å². The third kappa shape index (κ3) is 4.19. The van der Waals surface area contributed by atoms with Crippen molar-refractivity contribution in [3.8, 4) is 22.7 Å². The molecule has 0 N–H and O–H groups in total. The highest BCUT2D eigenvalue weighted by molar-refractivity contribution is 5.88. The number of nitrogens with zero attached hydrogens (tertiary/aromatic N) is 4. The van der Waals surface area contributed by atoms with Crippen molar-refractivity contribution in [1.29, 1.82) is 0 Å². The molecule has 5 heteroatoms. The number of rotatable bonds is 5. The van der Waals surface area contributed by atoms with E-state index in [1.807, 2.05) is 53.4 Å². The number of methoxy groups -OCH3 is 1. The van der Waals surface area contributed by atoms with Crippen molar-refractivity contribution in [3.63, 3.8) is 0 Å². The summed E-state index contributed by atoms with van der Waals surface area (Å²) < 4.78 is 7.22. The van der Waals surface area contributed by atoms with Crippen LogP contribution in [-0.4, -0.2) is 40.2 Å². The first-order valence-electron chi connectivity index (χ1n) is 10.3. The van der Waals surface area contributed by atoms with E-state index in [0.29, 0.717) is 12.1 Å². The Balaban J connectivity index is 1.72. The van der Waals surface area contributed by atoms with E-state index in [-0.39, 0.29) is 0 Å². The average Bonchev–Trinajstić information content (AvgIpc) is 3.18. The first-order valence-corrected chi connectivity index (χ1v) is 10.3. The van der Waals surface area contributed by atoms with Gasteiger partial charge >= 0.3 is 0 Å². The lowest BCUT2D eigenvalue weighted by Gasteiger charge is -2.36. The van der Waals surface area contributed by atoms with Crippen LogP contribution in [0.5, 0.6) is 5.75 Å². The summed E-state index contributed by atoms with van der Waals surface area (Å²) in [6, 6.07) is 19.1. The van der Waals surface area contributed by atoms with Gasteiger partial charge in [0.25, 0.3) is 0 Å². The van der Waals surface area contributed by atoms with Crippen LogP contribution < -0.4 is 4.74 Å². The van der Waals surface area contributed by atoms with Crippen LogP contribution in [0.4, 0.5) is 0 Å². The van der Waals surface area contributed by atoms with E-state index in [0.717, 1.165) is 28.3 Å². The summed E-state index contributed by atoms with van der Waals surface area (Å²) in [5.74, 6) is 0.836. The fraction of sp³-hybridized carbons (Fsp3) is 0.333. The van der Waals surface area contributed by atoms with E-state index in [1.54, 1.807) is 7.11 Å². The number of benzene rings is 2. The molecule has 0 aliphatic carbocycles. The maximum atomic E-state index is 5.30. The van der Waals surface area contributed by atoms with Crippen LogP contribution in [0.25, 0.3) is 16.9 Å². The Hall–Kier alpha value is -3.08. The van der Waals surface area contributed by atoms with Crippen LogP contribution in [0.3, 0.4) is 0 Å².